The molecule has 0 aliphatic heterocycles. The summed E-state index contributed by atoms with van der Waals surface area (Å²) >= 11 is 0. The molecule has 38 heavy (non-hydrogen) atoms. The lowest BCUT2D eigenvalue weighted by atomic mass is 10.2. The topological polar surface area (TPSA) is 59.9 Å². The van der Waals surface area contributed by atoms with Crippen LogP contribution in [0.4, 0.5) is 0 Å². The van der Waals surface area contributed by atoms with E-state index in [1.165, 1.54) is 0 Å². The van der Waals surface area contributed by atoms with Crippen molar-refractivity contribution in [3.8, 4) is 0 Å². The van der Waals surface area contributed by atoms with E-state index >= 15 is 0 Å². The van der Waals surface area contributed by atoms with Crippen LogP contribution in [-0.2, 0) is 13.6 Å². The maximum atomic E-state index is 13.8. The van der Waals surface area contributed by atoms with Crippen LogP contribution < -0.4 is 4.98 Å². The summed E-state index contributed by atoms with van der Waals surface area (Å²) in [5, 5.41) is 0.235. The highest BCUT2D eigenvalue weighted by Crippen LogP contribution is 2.41. The molecule has 1 atom stereocenters. The Kier molecular flexibility index (Phi) is 11.9. The summed E-state index contributed by atoms with van der Waals surface area (Å²) in [5.74, 6) is 0.728. The highest BCUT2D eigenvalue weighted by Gasteiger charge is 2.45. The van der Waals surface area contributed by atoms with Crippen molar-refractivity contribution in [3.63, 3.8) is 0 Å². The van der Waals surface area contributed by atoms with Gasteiger partial charge in [0.15, 0.2) is 14.1 Å². The van der Waals surface area contributed by atoms with Gasteiger partial charge in [-0.2, -0.15) is 0 Å². The predicted octanol–water partition coefficient (Wildman–Crippen LogP) is 9.70. The van der Waals surface area contributed by atoms with E-state index in [0.717, 1.165) is 5.90 Å². The highest BCUT2D eigenvalue weighted by atomic mass is 28.4. The molecule has 0 aliphatic carbocycles. The fourth-order valence-electron chi connectivity index (χ4n) is 2.70. The monoisotopic (exact) mass is 603 g/mol. The number of hydrogen-bond donors (Lipinski definition) is 1. The lowest BCUT2D eigenvalue weighted by Crippen LogP contribution is -2.60. The predicted molar refractivity (Wildman–Crippen MR) is 180 cm³/mol. The van der Waals surface area contributed by atoms with Crippen LogP contribution >= 0.6 is 0 Å². The van der Waals surface area contributed by atoms with Crippen molar-refractivity contribution in [2.75, 3.05) is 0 Å². The van der Waals surface area contributed by atoms with Crippen LogP contribution in [0.2, 0.25) is 72.5 Å². The fraction of sp³-hybridized carbons (Fsp3) is 0.931. The van der Waals surface area contributed by atoms with E-state index in [9.17, 15) is 4.79 Å². The second-order valence-electron chi connectivity index (χ2n) is 17.5. The van der Waals surface area contributed by atoms with E-state index in [0.29, 0.717) is 12.8 Å². The van der Waals surface area contributed by atoms with E-state index in [-0.39, 0.29) is 32.2 Å². The van der Waals surface area contributed by atoms with Gasteiger partial charge in [0.1, 0.15) is 8.24 Å². The van der Waals surface area contributed by atoms with E-state index in [2.05, 4.69) is 140 Å². The molecule has 0 aliphatic rings. The normalized spacial score (nSPS) is 16.4. The van der Waals surface area contributed by atoms with Crippen molar-refractivity contribution in [1.82, 2.24) is 4.98 Å². The number of rotatable bonds is 9. The summed E-state index contributed by atoms with van der Waals surface area (Å²) in [4.78, 5) is 17.7. The molecule has 0 amide bonds. The van der Waals surface area contributed by atoms with E-state index in [1.807, 2.05) is 0 Å². The molecular weight excluding hydrogens is 538 g/mol. The summed E-state index contributed by atoms with van der Waals surface area (Å²) in [6, 6.07) is -0.377. The molecule has 0 bridgehead atoms. The Hall–Kier alpha value is -0.232. The quantitative estimate of drug-likeness (QED) is 0.123. The minimum absolute atomic E-state index is 0.0371. The molecule has 0 aromatic rings. The van der Waals surface area contributed by atoms with Crippen LogP contribution in [0.1, 0.15) is 95.9 Å². The molecule has 0 spiro atoms. The third-order valence-electron chi connectivity index (χ3n) is 9.92. The Labute approximate surface area is 242 Å². The molecular formula is C29H66N2O3Si4. The first-order chi connectivity index (χ1) is 16.3. The number of nitrogens with zero attached hydrogens (tertiary/aromatic N) is 1. The standard InChI is InChI=1S/C29H66N2O3Si4/c1-26(2,3)35(13,14)30-23(25(32)34-38(19,20)29(10,11)12)21-22-24(31-36(15,16)27(4,5)6)33-37(17,18)28(7,8)9/h23,30H,21-22H2,1-20H3/b31-24+/t23-/m0/s1/i30+1. The Morgan fingerprint density at radius 2 is 1.05 bits per heavy atom. The average molecular weight is 604 g/mol. The van der Waals surface area contributed by atoms with Crippen molar-refractivity contribution >= 4 is 45.0 Å². The van der Waals surface area contributed by atoms with E-state index in [1.54, 1.807) is 0 Å². The smallest absolute Gasteiger partial charge is 0.309 e. The Morgan fingerprint density at radius 3 is 1.39 bits per heavy atom. The van der Waals surface area contributed by atoms with Crippen LogP contribution in [0, 0.1) is 0 Å². The number of carbonyl (C=O) groups excluding carboxylic acids is 1. The average Bonchev–Trinajstić information content (AvgIpc) is 2.59. The molecule has 0 heterocycles. The molecule has 0 radical (unpaired) electrons. The third kappa shape index (κ3) is 10.3. The molecule has 0 saturated carbocycles. The minimum Gasteiger partial charge on any atom is -0.534 e. The van der Waals surface area contributed by atoms with Gasteiger partial charge in [0.05, 0.1) is 6.04 Å². The summed E-state index contributed by atoms with van der Waals surface area (Å²) < 4.78 is 18.6. The minimum atomic E-state index is -2.26. The van der Waals surface area contributed by atoms with Crippen molar-refractivity contribution in [1.29, 1.82) is 0 Å². The van der Waals surface area contributed by atoms with Gasteiger partial charge in [-0.15, -0.1) is 0 Å². The van der Waals surface area contributed by atoms with Crippen molar-refractivity contribution in [2.24, 2.45) is 4.66 Å². The summed E-state index contributed by atoms with van der Waals surface area (Å²) in [7, 11) is -8.33. The zero-order chi connectivity index (χ0) is 31.0. The lowest BCUT2D eigenvalue weighted by Gasteiger charge is -2.42. The molecule has 0 rings (SSSR count). The van der Waals surface area contributed by atoms with Crippen molar-refractivity contribution in [3.05, 3.63) is 0 Å². The first kappa shape index (κ1) is 37.8. The van der Waals surface area contributed by atoms with Crippen molar-refractivity contribution < 1.29 is 13.6 Å². The Morgan fingerprint density at radius 1 is 0.658 bits per heavy atom. The van der Waals surface area contributed by atoms with Gasteiger partial charge < -0.3 is 13.8 Å². The molecule has 0 unspecified atom stereocenters. The second-order valence-corrected chi connectivity index (χ2v) is 36.8. The van der Waals surface area contributed by atoms with Gasteiger partial charge in [-0.05, 0) is 65.9 Å². The maximum absolute atomic E-state index is 13.8. The van der Waals surface area contributed by atoms with Gasteiger partial charge in [0.25, 0.3) is 16.6 Å². The zero-order valence-corrected chi connectivity index (χ0v) is 33.2. The van der Waals surface area contributed by atoms with Gasteiger partial charge in [0.2, 0.25) is 0 Å². The first-order valence-corrected chi connectivity index (χ1v) is 26.3. The van der Waals surface area contributed by atoms with Gasteiger partial charge >= 0.3 is 5.97 Å². The molecule has 0 aromatic carbocycles. The second kappa shape index (κ2) is 11.9. The molecule has 0 saturated heterocycles. The summed E-state index contributed by atoms with van der Waals surface area (Å²) in [6.07, 6.45) is 1.26. The Balaban J connectivity index is 6.48. The lowest BCUT2D eigenvalue weighted by molar-refractivity contribution is -0.137. The number of carbonyl (C=O) groups is 1. The van der Waals surface area contributed by atoms with E-state index < -0.39 is 33.1 Å². The molecule has 9 heteroatoms. The Bertz CT molecular complexity index is 838. The van der Waals surface area contributed by atoms with Crippen LogP contribution in [0.15, 0.2) is 4.66 Å². The van der Waals surface area contributed by atoms with Gasteiger partial charge in [0, 0.05) is 6.42 Å². The molecule has 0 aromatic heterocycles. The van der Waals surface area contributed by atoms with Gasteiger partial charge in [-0.25, -0.2) is 0 Å². The zero-order valence-electron chi connectivity index (χ0n) is 29.2. The van der Waals surface area contributed by atoms with Gasteiger partial charge in [-0.3, -0.25) is 9.45 Å². The van der Waals surface area contributed by atoms with Crippen LogP contribution in [0.3, 0.4) is 0 Å². The maximum Gasteiger partial charge on any atom is 0.309 e. The SMILES string of the molecule is CC(C)(C)[Si](C)(C)/N=C(\CC[C@H]([15NH][Si](C)(C)C(C)(C)C)C(=O)O[Si](C)(C)C(C)(C)C)O[Si](C)(C)C(C)(C)C. The number of hydrogen-bond acceptors (Lipinski definition) is 5. The summed E-state index contributed by atoms with van der Waals surface area (Å²) in [5.41, 5.74) is 0. The van der Waals surface area contributed by atoms with Crippen LogP contribution in [-0.4, -0.2) is 51.0 Å². The largest absolute Gasteiger partial charge is 0.534 e. The third-order valence-corrected chi connectivity index (χ3v) is 27.9. The highest BCUT2D eigenvalue weighted by molar-refractivity contribution is 6.80. The molecule has 226 valence electrons. The molecule has 5 nitrogen and oxygen atoms in total. The van der Waals surface area contributed by atoms with E-state index in [4.69, 9.17) is 13.5 Å². The molecule has 1 N–H and O–H groups in total. The molecule has 0 fully saturated rings. The fourth-order valence-corrected chi connectivity index (χ4v) is 7.47. The number of nitrogens with one attached hydrogen (secondary N) is 1. The first-order valence-electron chi connectivity index (χ1n) is 14.6. The summed E-state index contributed by atoms with van der Waals surface area (Å²) in [6.45, 7) is 45.1. The van der Waals surface area contributed by atoms with Crippen LogP contribution in [0.25, 0.3) is 0 Å². The van der Waals surface area contributed by atoms with Gasteiger partial charge in [-0.1, -0.05) is 96.2 Å². The van der Waals surface area contributed by atoms with Crippen LogP contribution in [0.5, 0.6) is 0 Å². The van der Waals surface area contributed by atoms with Crippen molar-refractivity contribution in [2.45, 2.75) is 174 Å².